The molecule has 2 aromatic heterocycles. The second-order valence-corrected chi connectivity index (χ2v) is 8.40. The van der Waals surface area contributed by atoms with Crippen molar-refractivity contribution in [1.82, 2.24) is 19.7 Å². The molecule has 0 unspecified atom stereocenters. The van der Waals surface area contributed by atoms with Crippen LogP contribution < -0.4 is 0 Å². The first kappa shape index (κ1) is 17.7. The maximum Gasteiger partial charge on any atom is 0.153 e. The Morgan fingerprint density at radius 2 is 1.92 bits per heavy atom. The van der Waals surface area contributed by atoms with Gasteiger partial charge in [-0.2, -0.15) is 10.4 Å². The van der Waals surface area contributed by atoms with Gasteiger partial charge in [0.25, 0.3) is 0 Å². The predicted octanol–water partition coefficient (Wildman–Crippen LogP) is 4.42. The summed E-state index contributed by atoms with van der Waals surface area (Å²) in [6.45, 7) is 2.94. The number of nitrogens with zero attached hydrogens (tertiary/aromatic N) is 5. The number of piperidine rings is 1. The fourth-order valence-corrected chi connectivity index (χ4v) is 4.40. The Balaban J connectivity index is 1.57. The molecule has 3 heterocycles. The van der Waals surface area contributed by atoms with Gasteiger partial charge in [-0.1, -0.05) is 12.8 Å². The molecule has 0 radical (unpaired) electrons. The average Bonchev–Trinajstić information content (AvgIpc) is 3.33. The van der Waals surface area contributed by atoms with E-state index in [0.717, 1.165) is 42.8 Å². The minimum absolute atomic E-state index is 0.232. The summed E-state index contributed by atoms with van der Waals surface area (Å²) in [5.74, 6) is 1.68. The number of likely N-dealkylation sites (tertiary alicyclic amines) is 1. The number of hydrogen-bond donors (Lipinski definition) is 0. The van der Waals surface area contributed by atoms with E-state index in [1.165, 1.54) is 36.9 Å². The lowest BCUT2D eigenvalue weighted by Crippen LogP contribution is -2.33. The van der Waals surface area contributed by atoms with Crippen LogP contribution in [0.15, 0.2) is 29.0 Å². The third-order valence-corrected chi connectivity index (χ3v) is 6.14. The highest BCUT2D eigenvalue weighted by Crippen LogP contribution is 2.36. The molecule has 136 valence electrons. The number of halogens is 1. The molecule has 26 heavy (non-hydrogen) atoms. The van der Waals surface area contributed by atoms with Gasteiger partial charge in [-0.3, -0.25) is 4.90 Å². The smallest absolute Gasteiger partial charge is 0.153 e. The highest BCUT2D eigenvalue weighted by Gasteiger charge is 2.26. The zero-order valence-electron chi connectivity index (χ0n) is 14.9. The first-order valence-electron chi connectivity index (χ1n) is 9.55. The predicted molar refractivity (Wildman–Crippen MR) is 104 cm³/mol. The van der Waals surface area contributed by atoms with Gasteiger partial charge in [0.2, 0.25) is 0 Å². The molecular weight excluding hydrogens is 390 g/mol. The van der Waals surface area contributed by atoms with Crippen molar-refractivity contribution in [3.8, 4) is 11.9 Å². The molecule has 0 amide bonds. The molecular formula is C20H24BrN5. The lowest BCUT2D eigenvalue weighted by molar-refractivity contribution is 0.197. The van der Waals surface area contributed by atoms with Crippen LogP contribution in [-0.4, -0.2) is 32.8 Å². The van der Waals surface area contributed by atoms with Crippen LogP contribution in [-0.2, 0) is 6.54 Å². The summed E-state index contributed by atoms with van der Waals surface area (Å²) in [5.41, 5.74) is 2.59. The van der Waals surface area contributed by atoms with E-state index in [0.29, 0.717) is 5.92 Å². The van der Waals surface area contributed by atoms with Crippen LogP contribution in [0.3, 0.4) is 0 Å². The Hall–Kier alpha value is -1.71. The summed E-state index contributed by atoms with van der Waals surface area (Å²) in [6, 6.07) is 6.42. The van der Waals surface area contributed by atoms with Crippen LogP contribution in [0.5, 0.6) is 0 Å². The van der Waals surface area contributed by atoms with Gasteiger partial charge < -0.3 is 0 Å². The van der Waals surface area contributed by atoms with E-state index in [4.69, 9.17) is 10.4 Å². The summed E-state index contributed by atoms with van der Waals surface area (Å²) in [6.07, 6.45) is 11.1. The van der Waals surface area contributed by atoms with E-state index in [1.807, 2.05) is 23.0 Å². The standard InChI is InChI=1S/C20H24BrN5/c21-18-5-6-19(23-12-18)26-14-17(20(24-26)16-3-1-2-4-16)13-25-9-7-15(11-22)8-10-25/h5-6,12,14-16H,1-4,7-10,13H2. The van der Waals surface area contributed by atoms with Gasteiger partial charge >= 0.3 is 0 Å². The topological polar surface area (TPSA) is 57.7 Å². The molecule has 0 spiro atoms. The van der Waals surface area contributed by atoms with Crippen molar-refractivity contribution in [3.05, 3.63) is 40.3 Å². The molecule has 5 nitrogen and oxygen atoms in total. The molecule has 1 aliphatic carbocycles. The zero-order chi connectivity index (χ0) is 17.9. The number of rotatable bonds is 4. The van der Waals surface area contributed by atoms with Crippen molar-refractivity contribution in [3.63, 3.8) is 0 Å². The minimum atomic E-state index is 0.232. The van der Waals surface area contributed by atoms with Gasteiger partial charge in [0, 0.05) is 40.8 Å². The van der Waals surface area contributed by atoms with Crippen LogP contribution in [0.4, 0.5) is 0 Å². The van der Waals surface area contributed by atoms with Crippen LogP contribution >= 0.6 is 15.9 Å². The minimum Gasteiger partial charge on any atom is -0.299 e. The van der Waals surface area contributed by atoms with Crippen molar-refractivity contribution in [2.75, 3.05) is 13.1 Å². The lowest BCUT2D eigenvalue weighted by Gasteiger charge is -2.29. The second kappa shape index (κ2) is 7.89. The molecule has 1 saturated heterocycles. The summed E-state index contributed by atoms with van der Waals surface area (Å²) >= 11 is 3.45. The zero-order valence-corrected chi connectivity index (χ0v) is 16.5. The highest BCUT2D eigenvalue weighted by atomic mass is 79.9. The van der Waals surface area contributed by atoms with E-state index < -0.39 is 0 Å². The monoisotopic (exact) mass is 413 g/mol. The SMILES string of the molecule is N#CC1CCN(Cc2cn(-c3ccc(Br)cn3)nc2C2CCCC2)CC1. The van der Waals surface area contributed by atoms with Gasteiger partial charge in [0.15, 0.2) is 5.82 Å². The van der Waals surface area contributed by atoms with Gasteiger partial charge in [-0.25, -0.2) is 9.67 Å². The number of hydrogen-bond acceptors (Lipinski definition) is 4. The van der Waals surface area contributed by atoms with Gasteiger partial charge in [0.05, 0.1) is 11.8 Å². The van der Waals surface area contributed by atoms with Crippen molar-refractivity contribution in [2.45, 2.75) is 51.0 Å². The molecule has 0 atom stereocenters. The van der Waals surface area contributed by atoms with E-state index in [-0.39, 0.29) is 5.92 Å². The fraction of sp³-hybridized carbons (Fsp3) is 0.550. The molecule has 6 heteroatoms. The molecule has 0 aromatic carbocycles. The van der Waals surface area contributed by atoms with E-state index in [2.05, 4.69) is 38.1 Å². The van der Waals surface area contributed by atoms with Crippen LogP contribution in [0.25, 0.3) is 5.82 Å². The summed E-state index contributed by atoms with van der Waals surface area (Å²) in [4.78, 5) is 6.98. The normalized spacial score (nSPS) is 19.7. The summed E-state index contributed by atoms with van der Waals surface area (Å²) in [5, 5.41) is 14.1. The molecule has 1 aliphatic heterocycles. The van der Waals surface area contributed by atoms with Crippen molar-refractivity contribution in [1.29, 1.82) is 5.26 Å². The second-order valence-electron chi connectivity index (χ2n) is 7.48. The maximum atomic E-state index is 9.11. The molecule has 0 N–H and O–H groups in total. The Labute approximate surface area is 163 Å². The number of nitriles is 1. The molecule has 1 saturated carbocycles. The van der Waals surface area contributed by atoms with Crippen LogP contribution in [0.2, 0.25) is 0 Å². The first-order chi connectivity index (χ1) is 12.7. The van der Waals surface area contributed by atoms with E-state index >= 15 is 0 Å². The van der Waals surface area contributed by atoms with Crippen molar-refractivity contribution in [2.24, 2.45) is 5.92 Å². The van der Waals surface area contributed by atoms with E-state index in [9.17, 15) is 0 Å². The van der Waals surface area contributed by atoms with Crippen molar-refractivity contribution >= 4 is 15.9 Å². The molecule has 0 bridgehead atoms. The third-order valence-electron chi connectivity index (χ3n) is 5.68. The average molecular weight is 414 g/mol. The van der Waals surface area contributed by atoms with Gasteiger partial charge in [-0.05, 0) is 66.8 Å². The molecule has 2 aliphatic rings. The molecule has 2 aromatic rings. The van der Waals surface area contributed by atoms with E-state index in [1.54, 1.807) is 0 Å². The molecule has 2 fully saturated rings. The summed E-state index contributed by atoms with van der Waals surface area (Å²) < 4.78 is 2.92. The number of pyridine rings is 1. The van der Waals surface area contributed by atoms with Crippen LogP contribution in [0, 0.1) is 17.2 Å². The highest BCUT2D eigenvalue weighted by molar-refractivity contribution is 9.10. The Kier molecular flexibility index (Phi) is 5.37. The quantitative estimate of drug-likeness (QED) is 0.743. The Morgan fingerprint density at radius 1 is 1.15 bits per heavy atom. The number of aromatic nitrogens is 3. The third kappa shape index (κ3) is 3.84. The van der Waals surface area contributed by atoms with Crippen LogP contribution in [0.1, 0.15) is 55.7 Å². The maximum absolute atomic E-state index is 9.11. The van der Waals surface area contributed by atoms with Crippen molar-refractivity contribution < 1.29 is 0 Å². The lowest BCUT2D eigenvalue weighted by atomic mass is 9.97. The van der Waals surface area contributed by atoms with Gasteiger partial charge in [-0.15, -0.1) is 0 Å². The fourth-order valence-electron chi connectivity index (χ4n) is 4.17. The summed E-state index contributed by atoms with van der Waals surface area (Å²) in [7, 11) is 0. The van der Waals surface area contributed by atoms with Gasteiger partial charge in [0.1, 0.15) is 0 Å². The Morgan fingerprint density at radius 3 is 2.58 bits per heavy atom. The Bertz CT molecular complexity index is 778. The largest absolute Gasteiger partial charge is 0.299 e. The first-order valence-corrected chi connectivity index (χ1v) is 10.3. The molecule has 4 rings (SSSR count).